The van der Waals surface area contributed by atoms with E-state index >= 15 is 0 Å². The fourth-order valence-electron chi connectivity index (χ4n) is 2.39. The van der Waals surface area contributed by atoms with Gasteiger partial charge in [-0.1, -0.05) is 6.07 Å². The number of piperidine rings is 1. The van der Waals surface area contributed by atoms with E-state index in [-0.39, 0.29) is 5.92 Å². The fraction of sp³-hybridized carbons (Fsp3) is 0.385. The molecule has 3 rings (SSSR count). The van der Waals surface area contributed by atoms with E-state index in [1.165, 1.54) is 4.88 Å². The highest BCUT2D eigenvalue weighted by Gasteiger charge is 2.25. The van der Waals surface area contributed by atoms with E-state index in [9.17, 15) is 4.79 Å². The maximum absolute atomic E-state index is 10.9. The predicted molar refractivity (Wildman–Crippen MR) is 74.5 cm³/mol. The minimum atomic E-state index is -0.680. The Morgan fingerprint density at radius 2 is 2.26 bits per heavy atom. The van der Waals surface area contributed by atoms with Crippen LogP contribution in [-0.2, 0) is 4.79 Å². The summed E-state index contributed by atoms with van der Waals surface area (Å²) in [6.07, 6.45) is 1.38. The smallest absolute Gasteiger partial charge is 0.306 e. The third-order valence-corrected chi connectivity index (χ3v) is 4.42. The largest absolute Gasteiger partial charge is 0.481 e. The molecule has 0 atom stereocenters. The first-order valence-electron chi connectivity index (χ1n) is 6.31. The Balaban J connectivity index is 1.69. The van der Waals surface area contributed by atoms with Gasteiger partial charge in [-0.05, 0) is 24.3 Å². The first kappa shape index (κ1) is 12.2. The number of aromatic amines is 1. The molecule has 3 heterocycles. The number of aliphatic carboxylic acids is 1. The van der Waals surface area contributed by atoms with E-state index in [0.717, 1.165) is 24.6 Å². The molecule has 0 spiro atoms. The van der Waals surface area contributed by atoms with Crippen LogP contribution in [0.25, 0.3) is 10.6 Å². The van der Waals surface area contributed by atoms with Crippen LogP contribution in [0.15, 0.2) is 23.6 Å². The van der Waals surface area contributed by atoms with Crippen LogP contribution in [-0.4, -0.2) is 34.4 Å². The third kappa shape index (κ3) is 2.49. The van der Waals surface area contributed by atoms with Crippen molar-refractivity contribution in [1.29, 1.82) is 0 Å². The number of nitrogens with zero attached hydrogens (tertiary/aromatic N) is 2. The van der Waals surface area contributed by atoms with Gasteiger partial charge in [-0.15, -0.1) is 11.3 Å². The average molecular weight is 277 g/mol. The van der Waals surface area contributed by atoms with Crippen molar-refractivity contribution >= 4 is 23.1 Å². The number of carboxylic acid groups (broad SMARTS) is 1. The molecule has 0 aromatic carbocycles. The number of hydrogen-bond donors (Lipinski definition) is 2. The zero-order valence-corrected chi connectivity index (χ0v) is 11.2. The topological polar surface area (TPSA) is 69.2 Å². The summed E-state index contributed by atoms with van der Waals surface area (Å²) in [5.41, 5.74) is 1.02. The number of anilines is 1. The van der Waals surface area contributed by atoms with Crippen LogP contribution in [0.2, 0.25) is 0 Å². The molecular weight excluding hydrogens is 262 g/mol. The Kier molecular flexibility index (Phi) is 3.25. The van der Waals surface area contributed by atoms with Crippen LogP contribution in [0.1, 0.15) is 12.8 Å². The van der Waals surface area contributed by atoms with Gasteiger partial charge in [-0.2, -0.15) is 5.10 Å². The number of thiophene rings is 1. The molecule has 19 heavy (non-hydrogen) atoms. The van der Waals surface area contributed by atoms with Crippen LogP contribution < -0.4 is 4.90 Å². The van der Waals surface area contributed by atoms with Gasteiger partial charge in [0.1, 0.15) is 0 Å². The average Bonchev–Trinajstić information content (AvgIpc) is 3.10. The summed E-state index contributed by atoms with van der Waals surface area (Å²) < 4.78 is 0. The SMILES string of the molecule is O=C(O)C1CCN(c2cc(-c3cccs3)[nH]n2)CC1. The number of H-pyrrole nitrogens is 1. The van der Waals surface area contributed by atoms with Gasteiger partial charge in [0.2, 0.25) is 0 Å². The number of aromatic nitrogens is 2. The van der Waals surface area contributed by atoms with Gasteiger partial charge in [0.25, 0.3) is 0 Å². The lowest BCUT2D eigenvalue weighted by Gasteiger charge is -2.29. The minimum Gasteiger partial charge on any atom is -0.481 e. The van der Waals surface area contributed by atoms with E-state index in [1.807, 2.05) is 17.5 Å². The van der Waals surface area contributed by atoms with E-state index in [4.69, 9.17) is 5.11 Å². The van der Waals surface area contributed by atoms with Gasteiger partial charge in [0.05, 0.1) is 16.5 Å². The number of nitrogens with one attached hydrogen (secondary N) is 1. The summed E-state index contributed by atoms with van der Waals surface area (Å²) in [7, 11) is 0. The molecule has 6 heteroatoms. The van der Waals surface area contributed by atoms with Crippen LogP contribution in [0.4, 0.5) is 5.82 Å². The van der Waals surface area contributed by atoms with Crippen molar-refractivity contribution in [1.82, 2.24) is 10.2 Å². The molecule has 1 saturated heterocycles. The highest BCUT2D eigenvalue weighted by molar-refractivity contribution is 7.13. The van der Waals surface area contributed by atoms with Crippen LogP contribution >= 0.6 is 11.3 Å². The maximum Gasteiger partial charge on any atom is 0.306 e. The minimum absolute atomic E-state index is 0.202. The standard InChI is InChI=1S/C13H15N3O2S/c17-13(18)9-3-5-16(6-4-9)12-8-10(14-15-12)11-2-1-7-19-11/h1-2,7-9H,3-6H2,(H,14,15)(H,17,18). The van der Waals surface area contributed by atoms with Crippen molar-refractivity contribution in [3.05, 3.63) is 23.6 Å². The van der Waals surface area contributed by atoms with Crippen molar-refractivity contribution in [2.24, 2.45) is 5.92 Å². The molecule has 2 aromatic heterocycles. The fourth-order valence-corrected chi connectivity index (χ4v) is 3.08. The highest BCUT2D eigenvalue weighted by atomic mass is 32.1. The van der Waals surface area contributed by atoms with Gasteiger partial charge in [-0.25, -0.2) is 0 Å². The van der Waals surface area contributed by atoms with Crippen LogP contribution in [0, 0.1) is 5.92 Å². The Labute approximate surface area is 114 Å². The predicted octanol–water partition coefficient (Wildman–Crippen LogP) is 2.44. The molecule has 5 nitrogen and oxygen atoms in total. The lowest BCUT2D eigenvalue weighted by atomic mass is 9.97. The number of carbonyl (C=O) groups is 1. The first-order valence-corrected chi connectivity index (χ1v) is 7.19. The number of rotatable bonds is 3. The molecule has 2 N–H and O–H groups in total. The molecule has 0 saturated carbocycles. The molecule has 1 aliphatic heterocycles. The van der Waals surface area contributed by atoms with Crippen molar-refractivity contribution in [2.45, 2.75) is 12.8 Å². The monoisotopic (exact) mass is 277 g/mol. The summed E-state index contributed by atoms with van der Waals surface area (Å²) >= 11 is 1.67. The highest BCUT2D eigenvalue weighted by Crippen LogP contribution is 2.28. The zero-order valence-electron chi connectivity index (χ0n) is 10.4. The van der Waals surface area contributed by atoms with E-state index < -0.39 is 5.97 Å². The molecule has 1 aliphatic rings. The van der Waals surface area contributed by atoms with Crippen molar-refractivity contribution in [3.63, 3.8) is 0 Å². The summed E-state index contributed by atoms with van der Waals surface area (Å²) in [6.45, 7) is 1.51. The first-order chi connectivity index (χ1) is 9.24. The van der Waals surface area contributed by atoms with Crippen molar-refractivity contribution in [2.75, 3.05) is 18.0 Å². The summed E-state index contributed by atoms with van der Waals surface area (Å²) in [6, 6.07) is 6.10. The second-order valence-electron chi connectivity index (χ2n) is 4.72. The molecule has 0 amide bonds. The summed E-state index contributed by atoms with van der Waals surface area (Å²) in [5.74, 6) is 0.0279. The van der Waals surface area contributed by atoms with E-state index in [1.54, 1.807) is 11.3 Å². The summed E-state index contributed by atoms with van der Waals surface area (Å²) in [5, 5.41) is 18.4. The molecular formula is C13H15N3O2S. The lowest BCUT2D eigenvalue weighted by molar-refractivity contribution is -0.142. The van der Waals surface area contributed by atoms with Gasteiger partial charge < -0.3 is 10.0 Å². The van der Waals surface area contributed by atoms with Crippen LogP contribution in [0.3, 0.4) is 0 Å². The Hall–Kier alpha value is -1.82. The third-order valence-electron chi connectivity index (χ3n) is 3.52. The summed E-state index contributed by atoms with van der Waals surface area (Å²) in [4.78, 5) is 14.2. The molecule has 0 unspecified atom stereocenters. The van der Waals surface area contributed by atoms with Crippen LogP contribution in [0.5, 0.6) is 0 Å². The van der Waals surface area contributed by atoms with E-state index in [2.05, 4.69) is 21.2 Å². The normalized spacial score (nSPS) is 16.7. The Morgan fingerprint density at radius 1 is 1.47 bits per heavy atom. The van der Waals surface area contributed by atoms with Crippen molar-refractivity contribution in [3.8, 4) is 10.6 Å². The zero-order chi connectivity index (χ0) is 13.2. The van der Waals surface area contributed by atoms with Gasteiger partial charge in [-0.3, -0.25) is 9.89 Å². The Morgan fingerprint density at radius 3 is 2.89 bits per heavy atom. The second kappa shape index (κ2) is 5.05. The molecule has 0 bridgehead atoms. The molecule has 100 valence electrons. The number of hydrogen-bond acceptors (Lipinski definition) is 4. The van der Waals surface area contributed by atoms with Gasteiger partial charge in [0, 0.05) is 19.2 Å². The van der Waals surface area contributed by atoms with Crippen molar-refractivity contribution < 1.29 is 9.90 Å². The molecule has 0 aliphatic carbocycles. The number of carboxylic acids is 1. The maximum atomic E-state index is 10.9. The molecule has 1 fully saturated rings. The molecule has 2 aromatic rings. The van der Waals surface area contributed by atoms with E-state index in [0.29, 0.717) is 12.8 Å². The molecule has 0 radical (unpaired) electrons. The lowest BCUT2D eigenvalue weighted by Crippen LogP contribution is -2.36. The van der Waals surface area contributed by atoms with Gasteiger partial charge >= 0.3 is 5.97 Å². The Bertz CT molecular complexity index is 556. The van der Waals surface area contributed by atoms with Gasteiger partial charge in [0.15, 0.2) is 5.82 Å². The second-order valence-corrected chi connectivity index (χ2v) is 5.66. The quantitative estimate of drug-likeness (QED) is 0.904.